The predicted molar refractivity (Wildman–Crippen MR) is 126 cm³/mol. The van der Waals surface area contributed by atoms with Crippen LogP contribution in [-0.4, -0.2) is 4.98 Å². The Bertz CT molecular complexity index is 1020. The fraction of sp³-hybridized carbons (Fsp3) is 0.269. The summed E-state index contributed by atoms with van der Waals surface area (Å²) in [5, 5.41) is 2.54. The molecule has 3 rings (SSSR count). The molecule has 28 heavy (non-hydrogen) atoms. The lowest BCUT2D eigenvalue weighted by Gasteiger charge is -2.23. The number of rotatable bonds is 4. The highest BCUT2D eigenvalue weighted by atomic mass is 31.1. The smallest absolute Gasteiger partial charge is 0.0731 e. The van der Waals surface area contributed by atoms with E-state index in [0.29, 0.717) is 8.58 Å². The molecule has 3 aromatic rings. The standard InChI is InChI=1S/C26H30NP/c1-17-10-12-22(16-24(17)26(5,6)7)28-20(4)23-13-11-21(15-19(23)3)25-18(2)9-8-14-27-25/h8-16,28H,4H2,1-3,5-7H3. The molecule has 1 heterocycles. The molecule has 144 valence electrons. The average molecular weight is 388 g/mol. The first-order valence-corrected chi connectivity index (χ1v) is 10.8. The van der Waals surface area contributed by atoms with E-state index in [1.54, 1.807) is 0 Å². The van der Waals surface area contributed by atoms with Crippen molar-refractivity contribution < 1.29 is 0 Å². The van der Waals surface area contributed by atoms with Gasteiger partial charge < -0.3 is 0 Å². The summed E-state index contributed by atoms with van der Waals surface area (Å²) in [6, 6.07) is 17.5. The Morgan fingerprint density at radius 1 is 0.893 bits per heavy atom. The van der Waals surface area contributed by atoms with E-state index in [1.807, 2.05) is 12.3 Å². The van der Waals surface area contributed by atoms with Crippen LogP contribution >= 0.6 is 8.58 Å². The summed E-state index contributed by atoms with van der Waals surface area (Å²) in [5.74, 6) is 0. The second kappa shape index (κ2) is 8.02. The van der Waals surface area contributed by atoms with E-state index in [2.05, 4.69) is 95.6 Å². The molecule has 2 heteroatoms. The van der Waals surface area contributed by atoms with Crippen LogP contribution in [0.4, 0.5) is 0 Å². The molecule has 0 N–H and O–H groups in total. The van der Waals surface area contributed by atoms with Crippen molar-refractivity contribution in [2.24, 2.45) is 0 Å². The molecule has 0 aliphatic rings. The number of aryl methyl sites for hydroxylation is 3. The van der Waals surface area contributed by atoms with Gasteiger partial charge in [0.2, 0.25) is 0 Å². The number of hydrogen-bond donors (Lipinski definition) is 0. The zero-order chi connectivity index (χ0) is 20.5. The number of nitrogens with zero attached hydrogens (tertiary/aromatic N) is 1. The highest BCUT2D eigenvalue weighted by molar-refractivity contribution is 7.58. The van der Waals surface area contributed by atoms with Gasteiger partial charge in [-0.3, -0.25) is 4.98 Å². The highest BCUT2D eigenvalue weighted by Crippen LogP contribution is 2.36. The van der Waals surface area contributed by atoms with Crippen molar-refractivity contribution in [2.45, 2.75) is 47.0 Å². The fourth-order valence-corrected chi connectivity index (χ4v) is 4.83. The third-order valence-electron chi connectivity index (χ3n) is 5.18. The Morgan fingerprint density at radius 3 is 2.29 bits per heavy atom. The largest absolute Gasteiger partial charge is 0.256 e. The minimum Gasteiger partial charge on any atom is -0.256 e. The second-order valence-electron chi connectivity index (χ2n) is 8.58. The molecule has 0 saturated carbocycles. The lowest BCUT2D eigenvalue weighted by Crippen LogP contribution is -2.15. The molecule has 0 aliphatic heterocycles. The average Bonchev–Trinajstić information content (AvgIpc) is 2.62. The molecular formula is C26H30NP. The predicted octanol–water partition coefficient (Wildman–Crippen LogP) is 6.95. The van der Waals surface area contributed by atoms with Crippen LogP contribution in [0, 0.1) is 20.8 Å². The normalized spacial score (nSPS) is 11.9. The van der Waals surface area contributed by atoms with E-state index in [-0.39, 0.29) is 5.41 Å². The Kier molecular flexibility index (Phi) is 5.87. The van der Waals surface area contributed by atoms with Crippen LogP contribution in [0.1, 0.15) is 48.6 Å². The van der Waals surface area contributed by atoms with Gasteiger partial charge in [-0.2, -0.15) is 0 Å². The minimum absolute atomic E-state index is 0.157. The minimum atomic E-state index is 0.157. The molecule has 0 radical (unpaired) electrons. The molecule has 1 atom stereocenters. The van der Waals surface area contributed by atoms with Crippen molar-refractivity contribution in [2.75, 3.05) is 0 Å². The quantitative estimate of drug-likeness (QED) is 0.442. The Labute approximate surface area is 171 Å². The van der Waals surface area contributed by atoms with Gasteiger partial charge in [0.25, 0.3) is 0 Å². The Balaban J connectivity index is 1.87. The monoisotopic (exact) mass is 387 g/mol. The molecule has 1 nitrogen and oxygen atoms in total. The summed E-state index contributed by atoms with van der Waals surface area (Å²) in [6.07, 6.45) is 1.86. The summed E-state index contributed by atoms with van der Waals surface area (Å²) in [5.41, 5.74) is 8.85. The van der Waals surface area contributed by atoms with Crippen LogP contribution in [0.5, 0.6) is 0 Å². The summed E-state index contributed by atoms with van der Waals surface area (Å²) in [7, 11) is 0.575. The molecule has 1 unspecified atom stereocenters. The molecule has 2 aromatic carbocycles. The van der Waals surface area contributed by atoms with Crippen molar-refractivity contribution in [3.8, 4) is 11.3 Å². The number of hydrogen-bond acceptors (Lipinski definition) is 1. The van der Waals surface area contributed by atoms with Gasteiger partial charge in [-0.05, 0) is 76.8 Å². The van der Waals surface area contributed by atoms with E-state index in [0.717, 1.165) is 5.69 Å². The molecule has 0 bridgehead atoms. The van der Waals surface area contributed by atoms with Crippen LogP contribution in [0.2, 0.25) is 0 Å². The Morgan fingerprint density at radius 2 is 1.64 bits per heavy atom. The lowest BCUT2D eigenvalue weighted by atomic mass is 9.84. The summed E-state index contributed by atoms with van der Waals surface area (Å²) >= 11 is 0. The maximum Gasteiger partial charge on any atom is 0.0731 e. The fourth-order valence-electron chi connectivity index (χ4n) is 3.69. The summed E-state index contributed by atoms with van der Waals surface area (Å²) < 4.78 is 0. The molecular weight excluding hydrogens is 357 g/mol. The van der Waals surface area contributed by atoms with Gasteiger partial charge in [0, 0.05) is 11.8 Å². The summed E-state index contributed by atoms with van der Waals surface area (Å²) in [6.45, 7) is 17.7. The van der Waals surface area contributed by atoms with Crippen LogP contribution in [0.25, 0.3) is 16.6 Å². The molecule has 0 aliphatic carbocycles. The van der Waals surface area contributed by atoms with E-state index in [9.17, 15) is 0 Å². The third kappa shape index (κ3) is 4.42. The molecule has 0 spiro atoms. The first-order chi connectivity index (χ1) is 13.2. The van der Waals surface area contributed by atoms with Crippen LogP contribution < -0.4 is 5.30 Å². The number of benzene rings is 2. The van der Waals surface area contributed by atoms with Crippen LogP contribution in [0.15, 0.2) is 61.3 Å². The molecule has 0 amide bonds. The van der Waals surface area contributed by atoms with Crippen molar-refractivity contribution in [3.63, 3.8) is 0 Å². The van der Waals surface area contributed by atoms with Crippen LogP contribution in [-0.2, 0) is 5.41 Å². The van der Waals surface area contributed by atoms with Crippen molar-refractivity contribution in [1.82, 2.24) is 4.98 Å². The number of aromatic nitrogens is 1. The van der Waals surface area contributed by atoms with E-state index < -0.39 is 0 Å². The van der Waals surface area contributed by atoms with Gasteiger partial charge >= 0.3 is 0 Å². The zero-order valence-corrected chi connectivity index (χ0v) is 18.9. The van der Waals surface area contributed by atoms with Crippen molar-refractivity contribution in [1.29, 1.82) is 0 Å². The second-order valence-corrected chi connectivity index (χ2v) is 10.0. The summed E-state index contributed by atoms with van der Waals surface area (Å²) in [4.78, 5) is 4.55. The van der Waals surface area contributed by atoms with E-state index >= 15 is 0 Å². The van der Waals surface area contributed by atoms with Crippen molar-refractivity contribution in [3.05, 3.63) is 89.1 Å². The maximum absolute atomic E-state index is 4.55. The zero-order valence-electron chi connectivity index (χ0n) is 17.9. The first-order valence-electron chi connectivity index (χ1n) is 9.77. The van der Waals surface area contributed by atoms with Gasteiger partial charge in [0.1, 0.15) is 0 Å². The molecule has 0 fully saturated rings. The van der Waals surface area contributed by atoms with Gasteiger partial charge in [-0.15, -0.1) is 0 Å². The SMILES string of the molecule is C=C(Pc1ccc(C)c(C(C)(C)C)c1)c1ccc(-c2ncccc2C)cc1C. The van der Waals surface area contributed by atoms with Gasteiger partial charge in [-0.25, -0.2) is 0 Å². The third-order valence-corrected chi connectivity index (χ3v) is 6.35. The van der Waals surface area contributed by atoms with E-state index in [1.165, 1.54) is 44.0 Å². The lowest BCUT2D eigenvalue weighted by molar-refractivity contribution is 0.586. The molecule has 0 saturated heterocycles. The van der Waals surface area contributed by atoms with Crippen LogP contribution in [0.3, 0.4) is 0 Å². The number of pyridine rings is 1. The van der Waals surface area contributed by atoms with Gasteiger partial charge in [0.05, 0.1) is 5.69 Å². The highest BCUT2D eigenvalue weighted by Gasteiger charge is 2.17. The van der Waals surface area contributed by atoms with E-state index in [4.69, 9.17) is 0 Å². The maximum atomic E-state index is 4.55. The van der Waals surface area contributed by atoms with Crippen molar-refractivity contribution >= 4 is 19.2 Å². The Hall–Kier alpha value is -2.24. The molecule has 1 aromatic heterocycles. The topological polar surface area (TPSA) is 12.9 Å². The van der Waals surface area contributed by atoms with Gasteiger partial charge in [0.15, 0.2) is 0 Å². The first kappa shape index (κ1) is 20.5. The van der Waals surface area contributed by atoms with Gasteiger partial charge in [-0.1, -0.05) is 72.3 Å².